The van der Waals surface area contributed by atoms with Crippen LogP contribution in [0.5, 0.6) is 0 Å². The minimum atomic E-state index is -0.305. The number of anilines is 1. The molecule has 1 N–H and O–H groups in total. The highest BCUT2D eigenvalue weighted by atomic mass is 79.9. The van der Waals surface area contributed by atoms with Crippen LogP contribution in [-0.2, 0) is 4.79 Å². The quantitative estimate of drug-likeness (QED) is 0.718. The Labute approximate surface area is 145 Å². The molecular weight excluding hydrogens is 357 g/mol. The fraction of sp³-hybridized carbons (Fsp3) is 0.632. The summed E-state index contributed by atoms with van der Waals surface area (Å²) in [5, 5.41) is 2.94. The van der Waals surface area contributed by atoms with E-state index < -0.39 is 0 Å². The number of carbonyl (C=O) groups is 1. The molecule has 0 heterocycles. The minimum absolute atomic E-state index is 0.0387. The Bertz CT molecular complexity index is 645. The van der Waals surface area contributed by atoms with Crippen molar-refractivity contribution in [3.63, 3.8) is 0 Å². The smallest absolute Gasteiger partial charge is 0.224 e. The first-order valence-electron chi connectivity index (χ1n) is 8.60. The molecule has 5 rings (SSSR count). The van der Waals surface area contributed by atoms with Crippen LogP contribution < -0.4 is 5.32 Å². The van der Waals surface area contributed by atoms with E-state index in [1.165, 1.54) is 44.2 Å². The second kappa shape index (κ2) is 5.30. The van der Waals surface area contributed by atoms with E-state index in [1.807, 2.05) is 6.92 Å². The largest absolute Gasteiger partial charge is 0.326 e. The molecule has 4 aliphatic carbocycles. The summed E-state index contributed by atoms with van der Waals surface area (Å²) < 4.78 is 13.7. The normalized spacial score (nSPS) is 37.9. The number of alkyl halides is 1. The average Bonchev–Trinajstić information content (AvgIpc) is 2.39. The third-order valence-electron chi connectivity index (χ3n) is 6.12. The van der Waals surface area contributed by atoms with E-state index in [0.29, 0.717) is 12.1 Å². The molecular formula is C19H23BrFNO. The molecule has 2 nitrogen and oxygen atoms in total. The van der Waals surface area contributed by atoms with Gasteiger partial charge in [0.2, 0.25) is 5.91 Å². The zero-order chi connectivity index (χ0) is 16.2. The number of carbonyl (C=O) groups excluding carboxylic acids is 1. The van der Waals surface area contributed by atoms with E-state index in [-0.39, 0.29) is 21.5 Å². The lowest BCUT2D eigenvalue weighted by molar-refractivity contribution is -0.123. The van der Waals surface area contributed by atoms with Crippen LogP contribution in [0.2, 0.25) is 0 Å². The van der Waals surface area contributed by atoms with Gasteiger partial charge in [-0.25, -0.2) is 4.39 Å². The molecule has 0 spiro atoms. The van der Waals surface area contributed by atoms with Crippen LogP contribution in [0.25, 0.3) is 0 Å². The van der Waals surface area contributed by atoms with E-state index in [2.05, 4.69) is 21.2 Å². The Hall–Kier alpha value is -0.900. The maximum absolute atomic E-state index is 13.4. The van der Waals surface area contributed by atoms with Crippen molar-refractivity contribution in [1.29, 1.82) is 0 Å². The second-order valence-electron chi connectivity index (χ2n) is 8.30. The van der Waals surface area contributed by atoms with Crippen molar-refractivity contribution in [1.82, 2.24) is 0 Å². The van der Waals surface area contributed by atoms with Gasteiger partial charge >= 0.3 is 0 Å². The third kappa shape index (κ3) is 2.95. The number of amides is 1. The summed E-state index contributed by atoms with van der Waals surface area (Å²) in [6, 6.07) is 4.56. The average molecular weight is 380 g/mol. The first-order chi connectivity index (χ1) is 10.8. The Morgan fingerprint density at radius 2 is 2.00 bits per heavy atom. The molecule has 2 unspecified atom stereocenters. The summed E-state index contributed by atoms with van der Waals surface area (Å²) in [7, 11) is 0. The van der Waals surface area contributed by atoms with Crippen molar-refractivity contribution in [2.45, 2.75) is 56.2 Å². The van der Waals surface area contributed by atoms with Crippen molar-refractivity contribution < 1.29 is 9.18 Å². The summed E-state index contributed by atoms with van der Waals surface area (Å²) in [5.74, 6) is 1.29. The van der Waals surface area contributed by atoms with Gasteiger partial charge in [0.15, 0.2) is 0 Å². The van der Waals surface area contributed by atoms with E-state index in [9.17, 15) is 9.18 Å². The summed E-state index contributed by atoms with van der Waals surface area (Å²) in [6.07, 6.45) is 7.95. The summed E-state index contributed by atoms with van der Waals surface area (Å²) in [6.45, 7) is 1.90. The van der Waals surface area contributed by atoms with Gasteiger partial charge in [0.25, 0.3) is 0 Å². The first kappa shape index (κ1) is 15.6. The van der Waals surface area contributed by atoms with E-state index in [1.54, 1.807) is 6.07 Å². The SMILES string of the molecule is Cc1ccc(F)cc1NC(=O)CC12C[C@@H]3C[C@@H](CC(Br)(C3)C1)C2. The number of hydrogen-bond acceptors (Lipinski definition) is 1. The fourth-order valence-electron chi connectivity index (χ4n) is 5.81. The van der Waals surface area contributed by atoms with E-state index >= 15 is 0 Å². The molecule has 1 aromatic carbocycles. The van der Waals surface area contributed by atoms with Crippen molar-refractivity contribution in [3.05, 3.63) is 29.6 Å². The third-order valence-corrected chi connectivity index (χ3v) is 7.05. The number of aryl methyl sites for hydroxylation is 1. The molecule has 124 valence electrons. The van der Waals surface area contributed by atoms with Gasteiger partial charge in [-0.2, -0.15) is 0 Å². The molecule has 4 bridgehead atoms. The van der Waals surface area contributed by atoms with Gasteiger partial charge in [0.1, 0.15) is 5.82 Å². The molecule has 4 atom stereocenters. The van der Waals surface area contributed by atoms with Crippen LogP contribution in [0.1, 0.15) is 50.5 Å². The minimum Gasteiger partial charge on any atom is -0.326 e. The lowest BCUT2D eigenvalue weighted by Crippen LogP contribution is -2.53. The van der Waals surface area contributed by atoms with Gasteiger partial charge in [-0.1, -0.05) is 22.0 Å². The molecule has 4 aliphatic rings. The molecule has 4 saturated carbocycles. The molecule has 0 radical (unpaired) electrons. The van der Waals surface area contributed by atoms with Crippen LogP contribution in [0.15, 0.2) is 18.2 Å². The van der Waals surface area contributed by atoms with Gasteiger partial charge in [-0.05, 0) is 80.4 Å². The molecule has 4 heteroatoms. The zero-order valence-electron chi connectivity index (χ0n) is 13.5. The molecule has 0 saturated heterocycles. The Balaban J connectivity index is 1.49. The Morgan fingerprint density at radius 1 is 1.30 bits per heavy atom. The van der Waals surface area contributed by atoms with Gasteiger partial charge in [0, 0.05) is 16.4 Å². The van der Waals surface area contributed by atoms with E-state index in [0.717, 1.165) is 23.8 Å². The highest BCUT2D eigenvalue weighted by Gasteiger charge is 2.57. The van der Waals surface area contributed by atoms with E-state index in [4.69, 9.17) is 0 Å². The van der Waals surface area contributed by atoms with Crippen molar-refractivity contribution in [3.8, 4) is 0 Å². The summed E-state index contributed by atoms with van der Waals surface area (Å²) in [4.78, 5) is 12.6. The molecule has 1 aromatic rings. The number of halogens is 2. The van der Waals surface area contributed by atoms with Crippen molar-refractivity contribution in [2.24, 2.45) is 17.3 Å². The lowest BCUT2D eigenvalue weighted by atomic mass is 9.48. The first-order valence-corrected chi connectivity index (χ1v) is 9.39. The molecule has 0 aliphatic heterocycles. The zero-order valence-corrected chi connectivity index (χ0v) is 15.1. The van der Waals surface area contributed by atoms with Crippen LogP contribution in [0.3, 0.4) is 0 Å². The summed E-state index contributed by atoms with van der Waals surface area (Å²) in [5.41, 5.74) is 1.66. The van der Waals surface area contributed by atoms with Gasteiger partial charge in [-0.15, -0.1) is 0 Å². The number of nitrogens with one attached hydrogen (secondary N) is 1. The topological polar surface area (TPSA) is 29.1 Å². The van der Waals surface area contributed by atoms with Crippen LogP contribution in [0, 0.1) is 30.0 Å². The number of hydrogen-bond donors (Lipinski definition) is 1. The predicted octanol–water partition coefficient (Wildman–Crippen LogP) is 5.20. The molecule has 1 amide bonds. The molecule has 0 aromatic heterocycles. The monoisotopic (exact) mass is 379 g/mol. The van der Waals surface area contributed by atoms with Gasteiger partial charge in [-0.3, -0.25) is 4.79 Å². The summed E-state index contributed by atoms with van der Waals surface area (Å²) >= 11 is 3.99. The van der Waals surface area contributed by atoms with Crippen LogP contribution in [0.4, 0.5) is 10.1 Å². The van der Waals surface area contributed by atoms with Crippen molar-refractivity contribution in [2.75, 3.05) is 5.32 Å². The predicted molar refractivity (Wildman–Crippen MR) is 93.2 cm³/mol. The number of benzene rings is 1. The van der Waals surface area contributed by atoms with Gasteiger partial charge < -0.3 is 5.32 Å². The highest BCUT2D eigenvalue weighted by molar-refractivity contribution is 9.10. The highest BCUT2D eigenvalue weighted by Crippen LogP contribution is 2.65. The Kier molecular flexibility index (Phi) is 3.60. The Morgan fingerprint density at radius 3 is 2.65 bits per heavy atom. The van der Waals surface area contributed by atoms with Crippen LogP contribution in [-0.4, -0.2) is 10.2 Å². The standard InChI is InChI=1S/C19H23BrFNO/c1-12-2-3-15(21)5-16(12)22-17(23)10-18-6-13-4-14(7-18)9-19(20,8-13)11-18/h2-3,5,13-14H,4,6-11H2,1H3,(H,22,23)/t13-,14+,18?,19?. The maximum Gasteiger partial charge on any atom is 0.224 e. The van der Waals surface area contributed by atoms with Crippen molar-refractivity contribution >= 4 is 27.5 Å². The van der Waals surface area contributed by atoms with Crippen LogP contribution >= 0.6 is 15.9 Å². The second-order valence-corrected chi connectivity index (χ2v) is 9.98. The molecule has 4 fully saturated rings. The number of rotatable bonds is 3. The van der Waals surface area contributed by atoms with Gasteiger partial charge in [0.05, 0.1) is 0 Å². The lowest BCUT2D eigenvalue weighted by Gasteiger charge is -2.60. The molecule has 23 heavy (non-hydrogen) atoms. The fourth-order valence-corrected chi connectivity index (χ4v) is 7.32. The maximum atomic E-state index is 13.4.